The first kappa shape index (κ1) is 20.5. The van der Waals surface area contributed by atoms with E-state index < -0.39 is 10.0 Å². The van der Waals surface area contributed by atoms with E-state index in [1.807, 2.05) is 18.7 Å². The number of aromatic nitrogens is 3. The predicted molar refractivity (Wildman–Crippen MR) is 116 cm³/mol. The summed E-state index contributed by atoms with van der Waals surface area (Å²) in [5.41, 5.74) is 2.25. The summed E-state index contributed by atoms with van der Waals surface area (Å²) in [6, 6.07) is 4.98. The number of nitrogens with zero attached hydrogens (tertiary/aromatic N) is 4. The van der Waals surface area contributed by atoms with Gasteiger partial charge in [0.25, 0.3) is 15.9 Å². The van der Waals surface area contributed by atoms with E-state index in [9.17, 15) is 13.2 Å². The Labute approximate surface area is 179 Å². The Morgan fingerprint density at radius 1 is 1.20 bits per heavy atom. The van der Waals surface area contributed by atoms with Crippen molar-refractivity contribution in [3.63, 3.8) is 0 Å². The summed E-state index contributed by atoms with van der Waals surface area (Å²) in [5.74, 6) is 0.262. The Kier molecular flexibility index (Phi) is 5.37. The number of carbonyl (C=O) groups excluding carboxylic acids is 1. The molecule has 1 amide bonds. The Bertz CT molecular complexity index is 1190. The van der Waals surface area contributed by atoms with Gasteiger partial charge in [-0.15, -0.1) is 11.3 Å². The molecule has 0 spiro atoms. The summed E-state index contributed by atoms with van der Waals surface area (Å²) in [7, 11) is -2.04. The Morgan fingerprint density at radius 3 is 2.60 bits per heavy atom. The Balaban J connectivity index is 1.62. The molecule has 1 fully saturated rings. The first-order valence-corrected chi connectivity index (χ1v) is 11.9. The van der Waals surface area contributed by atoms with E-state index in [1.165, 1.54) is 17.5 Å². The van der Waals surface area contributed by atoms with E-state index in [4.69, 9.17) is 0 Å². The number of nitrogens with one attached hydrogen (secondary N) is 1. The monoisotopic (exact) mass is 445 g/mol. The van der Waals surface area contributed by atoms with Gasteiger partial charge in [-0.2, -0.15) is 0 Å². The first-order chi connectivity index (χ1) is 14.2. The van der Waals surface area contributed by atoms with Crippen LogP contribution in [0.3, 0.4) is 0 Å². The molecule has 0 unspecified atom stereocenters. The van der Waals surface area contributed by atoms with E-state index in [-0.39, 0.29) is 16.6 Å². The van der Waals surface area contributed by atoms with Crippen LogP contribution in [0.4, 0.5) is 5.82 Å². The first-order valence-electron chi connectivity index (χ1n) is 9.63. The molecule has 4 heterocycles. The molecule has 0 atom stereocenters. The maximum atomic E-state index is 12.8. The second kappa shape index (κ2) is 7.84. The lowest BCUT2D eigenvalue weighted by Crippen LogP contribution is -2.27. The van der Waals surface area contributed by atoms with Crippen LogP contribution in [-0.2, 0) is 17.1 Å². The van der Waals surface area contributed by atoms with Crippen LogP contribution in [0, 0.1) is 13.8 Å². The molecule has 3 aromatic heterocycles. The average molecular weight is 446 g/mol. The van der Waals surface area contributed by atoms with Crippen LogP contribution in [0.5, 0.6) is 0 Å². The van der Waals surface area contributed by atoms with Crippen LogP contribution >= 0.6 is 11.3 Å². The van der Waals surface area contributed by atoms with E-state index >= 15 is 0 Å². The van der Waals surface area contributed by atoms with Crippen LogP contribution in [0.2, 0.25) is 0 Å². The number of sulfonamides is 1. The summed E-state index contributed by atoms with van der Waals surface area (Å²) < 4.78 is 29.8. The standard InChI is InChI=1S/C20H23N5O3S2/c1-13-6-7-17(21-11-13)23-30(27,28)15-10-16(24(3)12-15)19-22-14(2)18(29-19)20(26)25-8-4-5-9-25/h6-7,10-12H,4-5,8-9H2,1-3H3,(H,21,23). The van der Waals surface area contributed by atoms with Crippen molar-refractivity contribution >= 4 is 33.1 Å². The van der Waals surface area contributed by atoms with Crippen molar-refractivity contribution in [2.75, 3.05) is 17.8 Å². The average Bonchev–Trinajstić information content (AvgIpc) is 3.43. The normalized spacial score (nSPS) is 14.3. The van der Waals surface area contributed by atoms with Crippen LogP contribution < -0.4 is 4.72 Å². The lowest BCUT2D eigenvalue weighted by Gasteiger charge is -2.13. The van der Waals surface area contributed by atoms with Gasteiger partial charge in [-0.3, -0.25) is 9.52 Å². The van der Waals surface area contributed by atoms with Crippen molar-refractivity contribution in [1.82, 2.24) is 19.4 Å². The molecule has 1 aliphatic rings. The summed E-state index contributed by atoms with van der Waals surface area (Å²) in [6.45, 7) is 5.25. The molecule has 0 bridgehead atoms. The van der Waals surface area contributed by atoms with Gasteiger partial charge in [0.2, 0.25) is 0 Å². The summed E-state index contributed by atoms with van der Waals surface area (Å²) in [6.07, 6.45) is 5.19. The molecular weight excluding hydrogens is 422 g/mol. The fourth-order valence-electron chi connectivity index (χ4n) is 3.39. The van der Waals surface area contributed by atoms with Crippen molar-refractivity contribution in [3.8, 4) is 10.7 Å². The van der Waals surface area contributed by atoms with Crippen LogP contribution in [0.15, 0.2) is 35.5 Å². The van der Waals surface area contributed by atoms with Gasteiger partial charge in [0, 0.05) is 32.5 Å². The number of hydrogen-bond acceptors (Lipinski definition) is 6. The van der Waals surface area contributed by atoms with Crippen molar-refractivity contribution in [3.05, 3.63) is 46.7 Å². The summed E-state index contributed by atoms with van der Waals surface area (Å²) in [4.78, 5) is 24.0. The highest BCUT2D eigenvalue weighted by Gasteiger charge is 2.26. The number of rotatable bonds is 5. The maximum Gasteiger partial charge on any atom is 0.265 e. The predicted octanol–water partition coefficient (Wildman–Crippen LogP) is 3.20. The van der Waals surface area contributed by atoms with Gasteiger partial charge in [-0.1, -0.05) is 6.07 Å². The van der Waals surface area contributed by atoms with Gasteiger partial charge >= 0.3 is 0 Å². The minimum absolute atomic E-state index is 0.00270. The number of hydrogen-bond donors (Lipinski definition) is 1. The quantitative estimate of drug-likeness (QED) is 0.650. The van der Waals surface area contributed by atoms with E-state index in [0.717, 1.165) is 31.5 Å². The second-order valence-corrected chi connectivity index (χ2v) is 10.1. The van der Waals surface area contributed by atoms with E-state index in [0.29, 0.717) is 21.3 Å². The van der Waals surface area contributed by atoms with Crippen molar-refractivity contribution in [2.45, 2.75) is 31.6 Å². The highest BCUT2D eigenvalue weighted by Crippen LogP contribution is 2.32. The molecule has 158 valence electrons. The van der Waals surface area contributed by atoms with Gasteiger partial charge in [-0.05, 0) is 44.4 Å². The van der Waals surface area contributed by atoms with Gasteiger partial charge in [-0.25, -0.2) is 18.4 Å². The lowest BCUT2D eigenvalue weighted by molar-refractivity contribution is 0.0796. The molecule has 0 aliphatic carbocycles. The topological polar surface area (TPSA) is 97.2 Å². The molecule has 8 nitrogen and oxygen atoms in total. The number of amides is 1. The van der Waals surface area contributed by atoms with Crippen molar-refractivity contribution in [1.29, 1.82) is 0 Å². The maximum absolute atomic E-state index is 12.8. The molecular formula is C20H23N5O3S2. The molecule has 4 rings (SSSR count). The fraction of sp³-hybridized carbons (Fsp3) is 0.350. The molecule has 1 saturated heterocycles. The lowest BCUT2D eigenvalue weighted by atomic mass is 10.3. The molecule has 1 aliphatic heterocycles. The van der Waals surface area contributed by atoms with Gasteiger partial charge in [0.1, 0.15) is 20.6 Å². The number of carbonyl (C=O) groups is 1. The highest BCUT2D eigenvalue weighted by molar-refractivity contribution is 7.92. The third-order valence-corrected chi connectivity index (χ3v) is 7.53. The third kappa shape index (κ3) is 3.97. The number of likely N-dealkylation sites (tertiary alicyclic amines) is 1. The number of aryl methyl sites for hydroxylation is 3. The summed E-state index contributed by atoms with van der Waals surface area (Å²) >= 11 is 1.30. The van der Waals surface area contributed by atoms with Crippen LogP contribution in [-0.4, -0.2) is 46.8 Å². The zero-order valence-electron chi connectivity index (χ0n) is 17.0. The molecule has 0 saturated carbocycles. The van der Waals surface area contributed by atoms with Crippen molar-refractivity contribution < 1.29 is 13.2 Å². The van der Waals surface area contributed by atoms with E-state index in [2.05, 4.69) is 14.7 Å². The SMILES string of the molecule is Cc1ccc(NS(=O)(=O)c2cc(-c3nc(C)c(C(=O)N4CCCC4)s3)n(C)c2)nc1. The molecule has 1 N–H and O–H groups in total. The van der Waals surface area contributed by atoms with Crippen molar-refractivity contribution in [2.24, 2.45) is 7.05 Å². The number of thiazole rings is 1. The van der Waals surface area contributed by atoms with E-state index in [1.54, 1.807) is 36.0 Å². The minimum atomic E-state index is -3.80. The fourth-order valence-corrected chi connectivity index (χ4v) is 5.56. The molecule has 3 aromatic rings. The number of pyridine rings is 1. The molecule has 0 radical (unpaired) electrons. The molecule has 10 heteroatoms. The Morgan fingerprint density at radius 2 is 1.93 bits per heavy atom. The Hall–Kier alpha value is -2.72. The zero-order chi connectivity index (χ0) is 21.5. The smallest absolute Gasteiger partial charge is 0.265 e. The highest BCUT2D eigenvalue weighted by atomic mass is 32.2. The second-order valence-electron chi connectivity index (χ2n) is 7.43. The molecule has 0 aromatic carbocycles. The van der Waals surface area contributed by atoms with Gasteiger partial charge < -0.3 is 9.47 Å². The van der Waals surface area contributed by atoms with Gasteiger partial charge in [0.15, 0.2) is 0 Å². The molecule has 30 heavy (non-hydrogen) atoms. The minimum Gasteiger partial charge on any atom is -0.347 e. The zero-order valence-corrected chi connectivity index (χ0v) is 18.7. The van der Waals surface area contributed by atoms with Gasteiger partial charge in [0.05, 0.1) is 11.4 Å². The number of anilines is 1. The van der Waals surface area contributed by atoms with Crippen LogP contribution in [0.1, 0.15) is 33.8 Å². The van der Waals surface area contributed by atoms with Crippen LogP contribution in [0.25, 0.3) is 10.7 Å². The summed E-state index contributed by atoms with van der Waals surface area (Å²) in [5, 5.41) is 0.618. The largest absolute Gasteiger partial charge is 0.347 e. The third-order valence-electron chi connectivity index (χ3n) is 5.04.